The second-order valence-corrected chi connectivity index (χ2v) is 7.44. The third kappa shape index (κ3) is 5.90. The number of carbonyl (C=O) groups is 2. The van der Waals surface area contributed by atoms with Gasteiger partial charge in [-0.3, -0.25) is 4.79 Å². The molecular weight excluding hydrogens is 398 g/mol. The molecule has 154 valence electrons. The van der Waals surface area contributed by atoms with Gasteiger partial charge in [0.15, 0.2) is 0 Å². The van der Waals surface area contributed by atoms with E-state index in [-0.39, 0.29) is 17.6 Å². The van der Waals surface area contributed by atoms with Crippen LogP contribution in [0, 0.1) is 0 Å². The number of esters is 1. The van der Waals surface area contributed by atoms with Gasteiger partial charge in [0, 0.05) is 11.3 Å². The van der Waals surface area contributed by atoms with Crippen molar-refractivity contribution in [3.05, 3.63) is 71.8 Å². The highest BCUT2D eigenvalue weighted by Crippen LogP contribution is 2.21. The lowest BCUT2D eigenvalue weighted by molar-refractivity contribution is -0.113. The lowest BCUT2D eigenvalue weighted by Gasteiger charge is -2.07. The molecule has 3 aromatic rings. The molecule has 0 fully saturated rings. The van der Waals surface area contributed by atoms with Crippen LogP contribution >= 0.6 is 11.8 Å². The van der Waals surface area contributed by atoms with Crippen LogP contribution in [0.2, 0.25) is 0 Å². The standard InChI is InChI=1S/C23H23N3O3S/c1-3-16-5-7-17(8-6-16)20-13-14-22(26-25-20)30-15-21(27)24-19-11-9-18(10-12-19)23(28)29-4-2/h5-14H,3-4,15H2,1-2H3,(H,24,27). The van der Waals surface area contributed by atoms with E-state index in [0.717, 1.165) is 17.7 Å². The number of thioether (sulfide) groups is 1. The number of nitrogens with zero attached hydrogens (tertiary/aromatic N) is 2. The van der Waals surface area contributed by atoms with Gasteiger partial charge in [0.1, 0.15) is 5.03 Å². The molecule has 0 aliphatic carbocycles. The van der Waals surface area contributed by atoms with Crippen LogP contribution in [0.25, 0.3) is 11.3 Å². The molecule has 0 saturated heterocycles. The van der Waals surface area contributed by atoms with Crippen molar-refractivity contribution < 1.29 is 14.3 Å². The van der Waals surface area contributed by atoms with Crippen LogP contribution in [0.15, 0.2) is 65.7 Å². The fraction of sp³-hybridized carbons (Fsp3) is 0.217. The Bertz CT molecular complexity index is 988. The second-order valence-electron chi connectivity index (χ2n) is 6.44. The van der Waals surface area contributed by atoms with Crippen molar-refractivity contribution >= 4 is 29.3 Å². The summed E-state index contributed by atoms with van der Waals surface area (Å²) in [4.78, 5) is 23.8. The SMILES string of the molecule is CCOC(=O)c1ccc(NC(=O)CSc2ccc(-c3ccc(CC)cc3)nn2)cc1. The van der Waals surface area contributed by atoms with E-state index in [0.29, 0.717) is 22.9 Å². The molecule has 30 heavy (non-hydrogen) atoms. The summed E-state index contributed by atoms with van der Waals surface area (Å²) in [7, 11) is 0. The maximum absolute atomic E-state index is 12.2. The van der Waals surface area contributed by atoms with Gasteiger partial charge in [-0.2, -0.15) is 0 Å². The summed E-state index contributed by atoms with van der Waals surface area (Å²) >= 11 is 1.31. The summed E-state index contributed by atoms with van der Waals surface area (Å²) in [5.41, 5.74) is 4.16. The van der Waals surface area contributed by atoms with Crippen LogP contribution in [0.4, 0.5) is 5.69 Å². The largest absolute Gasteiger partial charge is 0.462 e. The van der Waals surface area contributed by atoms with Crippen molar-refractivity contribution in [3.8, 4) is 11.3 Å². The number of ether oxygens (including phenoxy) is 1. The molecule has 0 saturated carbocycles. The molecule has 3 rings (SSSR count). The van der Waals surface area contributed by atoms with Crippen LogP contribution < -0.4 is 5.32 Å². The number of amides is 1. The number of hydrogen-bond donors (Lipinski definition) is 1. The first-order chi connectivity index (χ1) is 14.6. The van der Waals surface area contributed by atoms with Crippen LogP contribution in [0.1, 0.15) is 29.8 Å². The van der Waals surface area contributed by atoms with E-state index in [1.165, 1.54) is 17.3 Å². The Hall–Kier alpha value is -3.19. The van der Waals surface area contributed by atoms with E-state index in [1.54, 1.807) is 31.2 Å². The van der Waals surface area contributed by atoms with Gasteiger partial charge in [-0.05, 0) is 55.3 Å². The molecule has 2 aromatic carbocycles. The third-order valence-corrected chi connectivity index (χ3v) is 5.25. The molecule has 7 heteroatoms. The monoisotopic (exact) mass is 421 g/mol. The Morgan fingerprint density at radius 2 is 1.67 bits per heavy atom. The zero-order valence-corrected chi connectivity index (χ0v) is 17.7. The smallest absolute Gasteiger partial charge is 0.338 e. The number of anilines is 1. The number of carbonyl (C=O) groups excluding carboxylic acids is 2. The molecule has 0 unspecified atom stereocenters. The summed E-state index contributed by atoms with van der Waals surface area (Å²) in [6.07, 6.45) is 0.999. The van der Waals surface area contributed by atoms with E-state index in [9.17, 15) is 9.59 Å². The van der Waals surface area contributed by atoms with Crippen LogP contribution in [0.3, 0.4) is 0 Å². The quantitative estimate of drug-likeness (QED) is 0.422. The fourth-order valence-electron chi connectivity index (χ4n) is 2.70. The van der Waals surface area contributed by atoms with E-state index in [2.05, 4.69) is 34.6 Å². The number of benzene rings is 2. The summed E-state index contributed by atoms with van der Waals surface area (Å²) in [6.45, 7) is 4.20. The molecule has 0 radical (unpaired) electrons. The molecule has 1 amide bonds. The van der Waals surface area contributed by atoms with Gasteiger partial charge in [0.05, 0.1) is 23.6 Å². The summed E-state index contributed by atoms with van der Waals surface area (Å²) < 4.78 is 4.94. The molecule has 0 spiro atoms. The molecule has 0 atom stereocenters. The van der Waals surface area contributed by atoms with Crippen LogP contribution in [-0.4, -0.2) is 34.4 Å². The van der Waals surface area contributed by atoms with Gasteiger partial charge < -0.3 is 10.1 Å². The first-order valence-corrected chi connectivity index (χ1v) is 10.7. The Balaban J connectivity index is 1.51. The van der Waals surface area contributed by atoms with Crippen molar-refractivity contribution in [1.29, 1.82) is 0 Å². The van der Waals surface area contributed by atoms with Crippen molar-refractivity contribution in [2.45, 2.75) is 25.3 Å². The van der Waals surface area contributed by atoms with Gasteiger partial charge >= 0.3 is 5.97 Å². The van der Waals surface area contributed by atoms with Gasteiger partial charge in [0.2, 0.25) is 5.91 Å². The average Bonchev–Trinajstić information content (AvgIpc) is 2.79. The molecule has 1 heterocycles. The topological polar surface area (TPSA) is 81.2 Å². The highest BCUT2D eigenvalue weighted by Gasteiger charge is 2.09. The second kappa shape index (κ2) is 10.5. The summed E-state index contributed by atoms with van der Waals surface area (Å²) in [5.74, 6) is -0.335. The minimum absolute atomic E-state index is 0.162. The van der Waals surface area contributed by atoms with E-state index >= 15 is 0 Å². The summed E-state index contributed by atoms with van der Waals surface area (Å²) in [6, 6.07) is 18.6. The maximum Gasteiger partial charge on any atom is 0.338 e. The highest BCUT2D eigenvalue weighted by atomic mass is 32.2. The first-order valence-electron chi connectivity index (χ1n) is 9.72. The molecule has 0 bridgehead atoms. The Kier molecular flexibility index (Phi) is 7.57. The number of hydrogen-bond acceptors (Lipinski definition) is 6. The molecular formula is C23H23N3O3S. The Labute approximate surface area is 180 Å². The lowest BCUT2D eigenvalue weighted by Crippen LogP contribution is -2.14. The Morgan fingerprint density at radius 1 is 0.933 bits per heavy atom. The predicted molar refractivity (Wildman–Crippen MR) is 119 cm³/mol. The maximum atomic E-state index is 12.2. The van der Waals surface area contributed by atoms with Crippen LogP contribution in [-0.2, 0) is 16.0 Å². The predicted octanol–water partition coefficient (Wildman–Crippen LogP) is 4.61. The number of rotatable bonds is 8. The van der Waals surface area contributed by atoms with E-state index in [1.807, 2.05) is 24.3 Å². The minimum Gasteiger partial charge on any atom is -0.462 e. The van der Waals surface area contributed by atoms with Gasteiger partial charge in [-0.1, -0.05) is 43.0 Å². The minimum atomic E-state index is -0.380. The summed E-state index contributed by atoms with van der Waals surface area (Å²) in [5, 5.41) is 11.9. The zero-order chi connectivity index (χ0) is 21.3. The zero-order valence-electron chi connectivity index (χ0n) is 16.9. The van der Waals surface area contributed by atoms with Crippen molar-refractivity contribution in [2.75, 3.05) is 17.7 Å². The van der Waals surface area contributed by atoms with Gasteiger partial charge in [-0.25, -0.2) is 4.79 Å². The third-order valence-electron chi connectivity index (χ3n) is 4.33. The molecule has 0 aliphatic rings. The van der Waals surface area contributed by atoms with Crippen molar-refractivity contribution in [1.82, 2.24) is 10.2 Å². The Morgan fingerprint density at radius 3 is 2.27 bits per heavy atom. The fourth-order valence-corrected chi connectivity index (χ4v) is 3.32. The van der Waals surface area contributed by atoms with Crippen molar-refractivity contribution in [2.24, 2.45) is 0 Å². The number of aryl methyl sites for hydroxylation is 1. The number of nitrogens with one attached hydrogen (secondary N) is 1. The van der Waals surface area contributed by atoms with Crippen LogP contribution in [0.5, 0.6) is 0 Å². The molecule has 6 nitrogen and oxygen atoms in total. The normalized spacial score (nSPS) is 10.5. The molecule has 1 aromatic heterocycles. The highest BCUT2D eigenvalue weighted by molar-refractivity contribution is 7.99. The lowest BCUT2D eigenvalue weighted by atomic mass is 10.1. The van der Waals surface area contributed by atoms with E-state index < -0.39 is 0 Å². The van der Waals surface area contributed by atoms with Crippen molar-refractivity contribution in [3.63, 3.8) is 0 Å². The molecule has 1 N–H and O–H groups in total. The molecule has 0 aliphatic heterocycles. The van der Waals surface area contributed by atoms with Gasteiger partial charge in [0.25, 0.3) is 0 Å². The van der Waals surface area contributed by atoms with E-state index in [4.69, 9.17) is 4.74 Å². The average molecular weight is 422 g/mol. The van der Waals surface area contributed by atoms with Gasteiger partial charge in [-0.15, -0.1) is 10.2 Å². The first kappa shape index (κ1) is 21.5. The number of aromatic nitrogens is 2.